The zero-order chi connectivity index (χ0) is 10.6. The maximum atomic E-state index is 12.9. The van der Waals surface area contributed by atoms with Crippen LogP contribution in [0.1, 0.15) is 26.7 Å². The molecule has 0 spiro atoms. The number of anilines is 1. The van der Waals surface area contributed by atoms with Gasteiger partial charge in [-0.2, -0.15) is 0 Å². The summed E-state index contributed by atoms with van der Waals surface area (Å²) in [5.74, 6) is -0.320. The van der Waals surface area contributed by atoms with Crippen LogP contribution in [-0.4, -0.2) is 11.0 Å². The van der Waals surface area contributed by atoms with Crippen molar-refractivity contribution in [2.75, 3.05) is 5.32 Å². The highest BCUT2D eigenvalue weighted by Crippen LogP contribution is 2.21. The zero-order valence-electron chi connectivity index (χ0n) is 8.35. The Morgan fingerprint density at radius 3 is 3.00 bits per heavy atom. The number of hydrogen-bond donors (Lipinski definition) is 1. The lowest BCUT2D eigenvalue weighted by atomic mass is 10.2. The summed E-state index contributed by atoms with van der Waals surface area (Å²) in [5, 5.41) is 3.20. The molecule has 0 aliphatic carbocycles. The molecule has 4 heteroatoms. The van der Waals surface area contributed by atoms with Crippen LogP contribution in [0.4, 0.5) is 10.1 Å². The predicted octanol–water partition coefficient (Wildman–Crippen LogP) is 3.58. The number of hydrogen-bond acceptors (Lipinski definition) is 2. The van der Waals surface area contributed by atoms with Gasteiger partial charge >= 0.3 is 0 Å². The van der Waals surface area contributed by atoms with Gasteiger partial charge in [-0.25, -0.2) is 9.37 Å². The van der Waals surface area contributed by atoms with E-state index in [0.717, 1.165) is 12.8 Å². The fourth-order valence-electron chi connectivity index (χ4n) is 1.29. The summed E-state index contributed by atoms with van der Waals surface area (Å²) >= 11 is 3.27. The van der Waals surface area contributed by atoms with Gasteiger partial charge in [-0.05, 0) is 29.3 Å². The van der Waals surface area contributed by atoms with Gasteiger partial charge in [0.15, 0.2) is 0 Å². The summed E-state index contributed by atoms with van der Waals surface area (Å²) in [6.45, 7) is 4.19. The van der Waals surface area contributed by atoms with E-state index in [-0.39, 0.29) is 5.82 Å². The van der Waals surface area contributed by atoms with Crippen LogP contribution in [0.5, 0.6) is 0 Å². The quantitative estimate of drug-likeness (QED) is 0.838. The van der Waals surface area contributed by atoms with Crippen LogP contribution in [0.15, 0.2) is 16.9 Å². The van der Waals surface area contributed by atoms with E-state index in [4.69, 9.17) is 0 Å². The molecule has 0 aromatic carbocycles. The molecule has 78 valence electrons. The van der Waals surface area contributed by atoms with Crippen molar-refractivity contribution in [3.63, 3.8) is 0 Å². The van der Waals surface area contributed by atoms with Gasteiger partial charge in [-0.3, -0.25) is 0 Å². The summed E-state index contributed by atoms with van der Waals surface area (Å²) in [5.41, 5.74) is 0.714. The van der Waals surface area contributed by atoms with Crippen LogP contribution in [0.2, 0.25) is 0 Å². The van der Waals surface area contributed by atoms with Crippen molar-refractivity contribution in [1.29, 1.82) is 0 Å². The number of aromatic nitrogens is 1. The molecule has 1 atom stereocenters. The van der Waals surface area contributed by atoms with E-state index < -0.39 is 0 Å². The lowest BCUT2D eigenvalue weighted by Gasteiger charge is -2.14. The Bertz CT molecular complexity index is 304. The van der Waals surface area contributed by atoms with E-state index in [2.05, 4.69) is 40.1 Å². The summed E-state index contributed by atoms with van der Waals surface area (Å²) in [4.78, 5) is 3.87. The zero-order valence-corrected chi connectivity index (χ0v) is 9.94. The van der Waals surface area contributed by atoms with Crippen molar-refractivity contribution in [1.82, 2.24) is 4.98 Å². The molecule has 0 saturated carbocycles. The molecular weight excluding hydrogens is 247 g/mol. The summed E-state index contributed by atoms with van der Waals surface area (Å²) in [6.07, 6.45) is 3.36. The molecule has 2 nitrogen and oxygen atoms in total. The molecule has 1 N–H and O–H groups in total. The van der Waals surface area contributed by atoms with E-state index >= 15 is 0 Å². The second-order valence-electron chi connectivity index (χ2n) is 3.33. The lowest BCUT2D eigenvalue weighted by molar-refractivity contribution is 0.619. The molecule has 1 aromatic heterocycles. The van der Waals surface area contributed by atoms with Gasteiger partial charge < -0.3 is 5.32 Å². The van der Waals surface area contributed by atoms with Crippen LogP contribution < -0.4 is 5.32 Å². The van der Waals surface area contributed by atoms with Gasteiger partial charge in [0.1, 0.15) is 10.4 Å². The maximum absolute atomic E-state index is 12.9. The minimum atomic E-state index is -0.320. The average Bonchev–Trinajstić information content (AvgIpc) is 2.12. The van der Waals surface area contributed by atoms with E-state index in [0.29, 0.717) is 16.3 Å². The minimum Gasteiger partial charge on any atom is -0.380 e. The summed E-state index contributed by atoms with van der Waals surface area (Å²) in [7, 11) is 0. The first-order valence-corrected chi connectivity index (χ1v) is 5.50. The smallest absolute Gasteiger partial charge is 0.143 e. The second-order valence-corrected chi connectivity index (χ2v) is 4.08. The van der Waals surface area contributed by atoms with Crippen molar-refractivity contribution in [3.05, 3.63) is 22.7 Å². The van der Waals surface area contributed by atoms with E-state index in [9.17, 15) is 4.39 Å². The molecule has 1 unspecified atom stereocenters. The molecule has 0 aliphatic heterocycles. The predicted molar refractivity (Wildman–Crippen MR) is 59.9 cm³/mol. The molecule has 1 rings (SSSR count). The molecule has 0 bridgehead atoms. The normalized spacial score (nSPS) is 12.6. The molecule has 14 heavy (non-hydrogen) atoms. The SMILES string of the molecule is CCCC(C)Nc1cc(F)cnc1Br. The lowest BCUT2D eigenvalue weighted by Crippen LogP contribution is -2.15. The standard InChI is InChI=1S/C10H14BrFN2/c1-3-4-7(2)14-9-5-8(12)6-13-10(9)11/h5-7,14H,3-4H2,1-2H3. The minimum absolute atomic E-state index is 0.320. The number of rotatable bonds is 4. The van der Waals surface area contributed by atoms with Crippen LogP contribution in [0.25, 0.3) is 0 Å². The Labute approximate surface area is 92.1 Å². The highest BCUT2D eigenvalue weighted by atomic mass is 79.9. The Hall–Kier alpha value is -0.640. The first-order valence-electron chi connectivity index (χ1n) is 4.71. The number of nitrogens with zero attached hydrogens (tertiary/aromatic N) is 1. The Morgan fingerprint density at radius 2 is 2.36 bits per heavy atom. The largest absolute Gasteiger partial charge is 0.380 e. The van der Waals surface area contributed by atoms with E-state index in [1.165, 1.54) is 12.3 Å². The van der Waals surface area contributed by atoms with Crippen molar-refractivity contribution >= 4 is 21.6 Å². The molecule has 1 aromatic rings. The first kappa shape index (κ1) is 11.4. The molecule has 1 heterocycles. The van der Waals surface area contributed by atoms with Gasteiger partial charge in [0, 0.05) is 12.1 Å². The molecule has 0 aliphatic rings. The molecule has 0 amide bonds. The van der Waals surface area contributed by atoms with Gasteiger partial charge in [-0.1, -0.05) is 13.3 Å². The Kier molecular flexibility index (Phi) is 4.32. The summed E-state index contributed by atoms with van der Waals surface area (Å²) in [6, 6.07) is 1.78. The maximum Gasteiger partial charge on any atom is 0.143 e. The molecular formula is C10H14BrFN2. The topological polar surface area (TPSA) is 24.9 Å². The third-order valence-electron chi connectivity index (χ3n) is 1.93. The van der Waals surface area contributed by atoms with Gasteiger partial charge in [0.25, 0.3) is 0 Å². The molecule has 0 saturated heterocycles. The van der Waals surface area contributed by atoms with Gasteiger partial charge in [-0.15, -0.1) is 0 Å². The molecule has 0 radical (unpaired) electrons. The highest BCUT2D eigenvalue weighted by Gasteiger charge is 2.06. The van der Waals surface area contributed by atoms with Crippen LogP contribution in [-0.2, 0) is 0 Å². The third-order valence-corrected chi connectivity index (χ3v) is 2.56. The number of nitrogens with one attached hydrogen (secondary N) is 1. The van der Waals surface area contributed by atoms with Crippen molar-refractivity contribution in [2.45, 2.75) is 32.7 Å². The average molecular weight is 261 g/mol. The van der Waals surface area contributed by atoms with Gasteiger partial charge in [0.05, 0.1) is 11.9 Å². The Morgan fingerprint density at radius 1 is 1.64 bits per heavy atom. The van der Waals surface area contributed by atoms with Gasteiger partial charge in [0.2, 0.25) is 0 Å². The highest BCUT2D eigenvalue weighted by molar-refractivity contribution is 9.10. The van der Waals surface area contributed by atoms with E-state index in [1.807, 2.05) is 0 Å². The third kappa shape index (κ3) is 3.25. The van der Waals surface area contributed by atoms with Crippen LogP contribution in [0.3, 0.4) is 0 Å². The monoisotopic (exact) mass is 260 g/mol. The fraction of sp³-hybridized carbons (Fsp3) is 0.500. The van der Waals surface area contributed by atoms with Crippen LogP contribution >= 0.6 is 15.9 Å². The Balaban J connectivity index is 2.70. The van der Waals surface area contributed by atoms with Crippen molar-refractivity contribution < 1.29 is 4.39 Å². The van der Waals surface area contributed by atoms with Crippen LogP contribution in [0, 0.1) is 5.82 Å². The first-order chi connectivity index (χ1) is 6.63. The van der Waals surface area contributed by atoms with Crippen molar-refractivity contribution in [3.8, 4) is 0 Å². The fourth-order valence-corrected chi connectivity index (χ4v) is 1.63. The second kappa shape index (κ2) is 5.29. The summed E-state index contributed by atoms with van der Waals surface area (Å²) < 4.78 is 13.5. The molecule has 0 fully saturated rings. The van der Waals surface area contributed by atoms with Crippen molar-refractivity contribution in [2.24, 2.45) is 0 Å². The van der Waals surface area contributed by atoms with E-state index in [1.54, 1.807) is 0 Å². The number of pyridine rings is 1. The number of halogens is 2.